The molecule has 1 N–H and O–H groups in total. The first-order valence-corrected chi connectivity index (χ1v) is 11.1. The van der Waals surface area contributed by atoms with Crippen molar-refractivity contribution < 1.29 is 17.6 Å². The van der Waals surface area contributed by atoms with E-state index in [1.807, 2.05) is 0 Å². The summed E-state index contributed by atoms with van der Waals surface area (Å²) >= 11 is 11.9. The third-order valence-corrected chi connectivity index (χ3v) is 6.97. The maximum atomic E-state index is 13.3. The van der Waals surface area contributed by atoms with Crippen molar-refractivity contribution in [1.82, 2.24) is 4.31 Å². The first kappa shape index (κ1) is 21.0. The number of anilines is 1. The predicted octanol–water partition coefficient (Wildman–Crippen LogP) is 4.31. The van der Waals surface area contributed by atoms with Gasteiger partial charge >= 0.3 is 0 Å². The lowest BCUT2D eigenvalue weighted by Gasteiger charge is -2.31. The summed E-state index contributed by atoms with van der Waals surface area (Å²) < 4.78 is 40.2. The molecule has 1 atom stereocenters. The lowest BCUT2D eigenvalue weighted by Crippen LogP contribution is -2.44. The first-order valence-electron chi connectivity index (χ1n) is 8.73. The van der Waals surface area contributed by atoms with Crippen molar-refractivity contribution >= 4 is 44.8 Å². The third-order valence-electron chi connectivity index (χ3n) is 4.59. The van der Waals surface area contributed by atoms with E-state index in [4.69, 9.17) is 23.2 Å². The smallest absolute Gasteiger partial charge is 0.228 e. The molecule has 28 heavy (non-hydrogen) atoms. The standard InChI is InChI=1S/C19H19Cl2FN2O3S/c20-15-7-6-14(18(21)9-15)12-28(26,27)24-8-2-3-13(11-24)19(25)23-17-5-1-4-16(22)10-17/h1,4-7,9-10,13H,2-3,8,11-12H2,(H,23,25)/t13-/m0/s1. The molecule has 9 heteroatoms. The van der Waals surface area contributed by atoms with Crippen LogP contribution in [0.2, 0.25) is 10.0 Å². The topological polar surface area (TPSA) is 66.5 Å². The average molecular weight is 445 g/mol. The molecule has 5 nitrogen and oxygen atoms in total. The van der Waals surface area contributed by atoms with Crippen LogP contribution < -0.4 is 5.32 Å². The van der Waals surface area contributed by atoms with Gasteiger partial charge in [-0.15, -0.1) is 0 Å². The average Bonchev–Trinajstić information content (AvgIpc) is 2.64. The van der Waals surface area contributed by atoms with Crippen LogP contribution in [0.4, 0.5) is 10.1 Å². The minimum absolute atomic E-state index is 0.0781. The van der Waals surface area contributed by atoms with Crippen LogP contribution in [0, 0.1) is 11.7 Å². The molecule has 1 aliphatic rings. The summed E-state index contributed by atoms with van der Waals surface area (Å²) in [5.74, 6) is -1.55. The number of piperidine rings is 1. The highest BCUT2D eigenvalue weighted by Crippen LogP contribution is 2.27. The maximum Gasteiger partial charge on any atom is 0.228 e. The number of nitrogens with zero attached hydrogens (tertiary/aromatic N) is 1. The van der Waals surface area contributed by atoms with Crippen molar-refractivity contribution in [2.45, 2.75) is 18.6 Å². The Kier molecular flexibility index (Phi) is 6.60. The fourth-order valence-corrected chi connectivity index (χ4v) is 5.34. The fourth-order valence-electron chi connectivity index (χ4n) is 3.15. The zero-order valence-corrected chi connectivity index (χ0v) is 17.2. The number of hydrogen-bond donors (Lipinski definition) is 1. The molecule has 1 heterocycles. The normalized spacial score (nSPS) is 18.0. The van der Waals surface area contributed by atoms with E-state index in [0.717, 1.165) is 0 Å². The van der Waals surface area contributed by atoms with Gasteiger partial charge in [0.2, 0.25) is 15.9 Å². The molecule has 0 aliphatic carbocycles. The number of carbonyl (C=O) groups is 1. The molecule has 1 fully saturated rings. The summed E-state index contributed by atoms with van der Waals surface area (Å²) in [7, 11) is -3.65. The van der Waals surface area contributed by atoms with Crippen molar-refractivity contribution in [3.63, 3.8) is 0 Å². The Morgan fingerprint density at radius 2 is 2.00 bits per heavy atom. The van der Waals surface area contributed by atoms with Crippen molar-refractivity contribution in [2.75, 3.05) is 18.4 Å². The van der Waals surface area contributed by atoms with E-state index < -0.39 is 21.8 Å². The van der Waals surface area contributed by atoms with Crippen LogP contribution in [0.25, 0.3) is 0 Å². The molecule has 3 rings (SSSR count). The van der Waals surface area contributed by atoms with Gasteiger partial charge in [0, 0.05) is 28.8 Å². The number of hydrogen-bond acceptors (Lipinski definition) is 3. The second kappa shape index (κ2) is 8.78. The monoisotopic (exact) mass is 444 g/mol. The Bertz CT molecular complexity index is 985. The number of halogens is 3. The first-order chi connectivity index (χ1) is 13.2. The number of amides is 1. The van der Waals surface area contributed by atoms with Crippen LogP contribution in [0.3, 0.4) is 0 Å². The zero-order chi connectivity index (χ0) is 20.3. The Balaban J connectivity index is 1.68. The summed E-state index contributed by atoms with van der Waals surface area (Å²) in [6.07, 6.45) is 1.13. The number of benzene rings is 2. The van der Waals surface area contributed by atoms with Gasteiger partial charge in [-0.1, -0.05) is 35.3 Å². The van der Waals surface area contributed by atoms with Gasteiger partial charge in [0.05, 0.1) is 11.7 Å². The second-order valence-corrected chi connectivity index (χ2v) is 9.50. The molecule has 0 bridgehead atoms. The summed E-state index contributed by atoms with van der Waals surface area (Å²) in [6, 6.07) is 10.3. The van der Waals surface area contributed by atoms with Gasteiger partial charge in [0.25, 0.3) is 0 Å². The molecule has 1 amide bonds. The highest BCUT2D eigenvalue weighted by atomic mass is 35.5. The molecule has 0 spiro atoms. The zero-order valence-electron chi connectivity index (χ0n) is 14.9. The van der Waals surface area contributed by atoms with Crippen molar-refractivity contribution in [1.29, 1.82) is 0 Å². The highest BCUT2D eigenvalue weighted by molar-refractivity contribution is 7.88. The fraction of sp³-hybridized carbons (Fsp3) is 0.316. The number of sulfonamides is 1. The molecule has 0 saturated carbocycles. The van der Waals surface area contributed by atoms with Gasteiger partial charge in [0.15, 0.2) is 0 Å². The molecule has 0 radical (unpaired) electrons. The summed E-state index contributed by atoms with van der Waals surface area (Å²) in [6.45, 7) is 0.423. The van der Waals surface area contributed by atoms with Crippen molar-refractivity contribution in [2.24, 2.45) is 5.92 Å². The van der Waals surface area contributed by atoms with Gasteiger partial charge in [-0.25, -0.2) is 17.1 Å². The molecule has 1 saturated heterocycles. The lowest BCUT2D eigenvalue weighted by molar-refractivity contribution is -0.120. The molecule has 0 unspecified atom stereocenters. The molecule has 150 valence electrons. The molecule has 2 aromatic rings. The minimum atomic E-state index is -3.65. The van der Waals surface area contributed by atoms with E-state index in [2.05, 4.69) is 5.32 Å². The second-order valence-electron chi connectivity index (χ2n) is 6.69. The molecule has 2 aromatic carbocycles. The summed E-state index contributed by atoms with van der Waals surface area (Å²) in [5.41, 5.74) is 0.801. The van der Waals surface area contributed by atoms with E-state index in [-0.39, 0.29) is 23.2 Å². The molecule has 0 aromatic heterocycles. The Hall–Kier alpha value is -1.67. The highest BCUT2D eigenvalue weighted by Gasteiger charge is 2.32. The quantitative estimate of drug-likeness (QED) is 0.746. The third kappa shape index (κ3) is 5.23. The largest absolute Gasteiger partial charge is 0.326 e. The summed E-state index contributed by atoms with van der Waals surface area (Å²) in [5, 5.41) is 3.37. The van der Waals surface area contributed by atoms with E-state index in [0.29, 0.717) is 35.7 Å². The number of carbonyl (C=O) groups excluding carboxylic acids is 1. The van der Waals surface area contributed by atoms with E-state index in [1.54, 1.807) is 18.2 Å². The molecular weight excluding hydrogens is 426 g/mol. The number of rotatable bonds is 5. The van der Waals surface area contributed by atoms with Crippen LogP contribution in [-0.2, 0) is 20.6 Å². The van der Waals surface area contributed by atoms with Crippen molar-refractivity contribution in [3.05, 3.63) is 63.9 Å². The van der Waals surface area contributed by atoms with E-state index in [9.17, 15) is 17.6 Å². The summed E-state index contributed by atoms with van der Waals surface area (Å²) in [4.78, 5) is 12.5. The molecular formula is C19H19Cl2FN2O3S. The van der Waals surface area contributed by atoms with Gasteiger partial charge in [-0.05, 0) is 48.7 Å². The van der Waals surface area contributed by atoms with Gasteiger partial charge in [-0.3, -0.25) is 4.79 Å². The number of nitrogens with one attached hydrogen (secondary N) is 1. The van der Waals surface area contributed by atoms with E-state index in [1.165, 1.54) is 28.6 Å². The van der Waals surface area contributed by atoms with Gasteiger partial charge in [0.1, 0.15) is 5.82 Å². The van der Waals surface area contributed by atoms with Crippen molar-refractivity contribution in [3.8, 4) is 0 Å². The lowest BCUT2D eigenvalue weighted by atomic mass is 9.99. The Morgan fingerprint density at radius 3 is 2.71 bits per heavy atom. The Labute approximate surface area is 173 Å². The van der Waals surface area contributed by atoms with Crippen LogP contribution in [0.5, 0.6) is 0 Å². The predicted molar refractivity (Wildman–Crippen MR) is 108 cm³/mol. The minimum Gasteiger partial charge on any atom is -0.326 e. The van der Waals surface area contributed by atoms with Crippen LogP contribution in [-0.4, -0.2) is 31.7 Å². The van der Waals surface area contributed by atoms with Crippen LogP contribution in [0.1, 0.15) is 18.4 Å². The van der Waals surface area contributed by atoms with Gasteiger partial charge in [-0.2, -0.15) is 0 Å². The van der Waals surface area contributed by atoms with Crippen LogP contribution in [0.15, 0.2) is 42.5 Å². The SMILES string of the molecule is O=C(Nc1cccc(F)c1)[C@H]1CCCN(S(=O)(=O)Cc2ccc(Cl)cc2Cl)C1. The van der Waals surface area contributed by atoms with Gasteiger partial charge < -0.3 is 5.32 Å². The molecule has 1 aliphatic heterocycles. The Morgan fingerprint density at radius 1 is 1.21 bits per heavy atom. The van der Waals surface area contributed by atoms with E-state index >= 15 is 0 Å². The van der Waals surface area contributed by atoms with Crippen LogP contribution >= 0.6 is 23.2 Å². The maximum absolute atomic E-state index is 13.3.